The number of morpholine rings is 1. The lowest BCUT2D eigenvalue weighted by molar-refractivity contribution is -0.138. The lowest BCUT2D eigenvalue weighted by atomic mass is 9.98. The molecule has 0 aromatic carbocycles. The number of ether oxygens (including phenoxy) is 2. The minimum absolute atomic E-state index is 0.0351. The number of aryl methyl sites for hydroxylation is 1. The normalized spacial score (nSPS) is 28.8. The first-order valence-electron chi connectivity index (χ1n) is 7.08. The van der Waals surface area contributed by atoms with Crippen LogP contribution in [0.3, 0.4) is 0 Å². The summed E-state index contributed by atoms with van der Waals surface area (Å²) >= 11 is 0. The standard InChI is InChI=1S/C15H18N2O4/c1-10-7-17(8-15(21-10)3-4-19-9-15)14(18)13-5-12(6-16)20-11(13)2/h5,10H,3-4,7-9H2,1-2H3/t10-,15-/m1/s1. The fraction of sp³-hybridized carbons (Fsp3) is 0.600. The second kappa shape index (κ2) is 5.17. The molecule has 0 N–H and O–H groups in total. The Kier molecular flexibility index (Phi) is 3.47. The Labute approximate surface area is 123 Å². The third-order valence-corrected chi connectivity index (χ3v) is 4.02. The fourth-order valence-corrected chi connectivity index (χ4v) is 3.10. The Morgan fingerprint density at radius 2 is 2.38 bits per heavy atom. The Morgan fingerprint density at radius 1 is 1.57 bits per heavy atom. The molecule has 2 aliphatic rings. The molecular formula is C15H18N2O4. The van der Waals surface area contributed by atoms with Crippen LogP contribution in [0, 0.1) is 18.3 Å². The first-order chi connectivity index (χ1) is 10.0. The van der Waals surface area contributed by atoms with Crippen LogP contribution in [0.15, 0.2) is 10.5 Å². The van der Waals surface area contributed by atoms with E-state index in [1.54, 1.807) is 11.8 Å². The van der Waals surface area contributed by atoms with Gasteiger partial charge in [0.05, 0.1) is 24.8 Å². The van der Waals surface area contributed by atoms with Crippen molar-refractivity contribution in [3.05, 3.63) is 23.2 Å². The molecule has 0 saturated carbocycles. The zero-order valence-electron chi connectivity index (χ0n) is 12.2. The molecule has 2 fully saturated rings. The van der Waals surface area contributed by atoms with Crippen molar-refractivity contribution in [3.8, 4) is 6.07 Å². The summed E-state index contributed by atoms with van der Waals surface area (Å²) in [6.45, 7) is 5.90. The zero-order chi connectivity index (χ0) is 15.0. The van der Waals surface area contributed by atoms with E-state index in [1.165, 1.54) is 6.07 Å². The summed E-state index contributed by atoms with van der Waals surface area (Å²) in [6, 6.07) is 3.43. The van der Waals surface area contributed by atoms with Gasteiger partial charge in [0, 0.05) is 25.6 Å². The Hall–Kier alpha value is -1.84. The average molecular weight is 290 g/mol. The van der Waals surface area contributed by atoms with Gasteiger partial charge in [0.25, 0.3) is 5.91 Å². The van der Waals surface area contributed by atoms with Crippen LogP contribution < -0.4 is 0 Å². The lowest BCUT2D eigenvalue weighted by Gasteiger charge is -2.42. The van der Waals surface area contributed by atoms with Gasteiger partial charge in [-0.2, -0.15) is 5.26 Å². The average Bonchev–Trinajstić information content (AvgIpc) is 3.04. The van der Waals surface area contributed by atoms with E-state index in [2.05, 4.69) is 0 Å². The summed E-state index contributed by atoms with van der Waals surface area (Å²) in [5, 5.41) is 8.87. The largest absolute Gasteiger partial charge is 0.450 e. The highest BCUT2D eigenvalue weighted by atomic mass is 16.6. The summed E-state index contributed by atoms with van der Waals surface area (Å²) in [5.41, 5.74) is 0.0676. The van der Waals surface area contributed by atoms with Gasteiger partial charge in [0.2, 0.25) is 5.76 Å². The van der Waals surface area contributed by atoms with Crippen LogP contribution in [-0.4, -0.2) is 48.8 Å². The minimum Gasteiger partial charge on any atom is -0.450 e. The molecule has 21 heavy (non-hydrogen) atoms. The van der Waals surface area contributed by atoms with Crippen molar-refractivity contribution in [3.63, 3.8) is 0 Å². The molecule has 6 heteroatoms. The third-order valence-electron chi connectivity index (χ3n) is 4.02. The highest BCUT2D eigenvalue weighted by Crippen LogP contribution is 2.31. The summed E-state index contributed by atoms with van der Waals surface area (Å²) in [5.74, 6) is 0.530. The molecule has 112 valence electrons. The molecule has 0 unspecified atom stereocenters. The Balaban J connectivity index is 1.83. The number of carbonyl (C=O) groups excluding carboxylic acids is 1. The molecule has 3 rings (SSSR count). The Morgan fingerprint density at radius 3 is 3.00 bits per heavy atom. The van der Waals surface area contributed by atoms with Crippen molar-refractivity contribution < 1.29 is 18.7 Å². The number of amides is 1. The van der Waals surface area contributed by atoms with Gasteiger partial charge in [-0.1, -0.05) is 0 Å². The van der Waals surface area contributed by atoms with Gasteiger partial charge in [-0.3, -0.25) is 4.79 Å². The van der Waals surface area contributed by atoms with Crippen LogP contribution in [0.4, 0.5) is 0 Å². The number of carbonyl (C=O) groups is 1. The van der Waals surface area contributed by atoms with Crippen molar-refractivity contribution in [1.29, 1.82) is 5.26 Å². The molecule has 1 spiro atoms. The Bertz CT molecular complexity index is 595. The maximum absolute atomic E-state index is 12.7. The summed E-state index contributed by atoms with van der Waals surface area (Å²) < 4.78 is 16.7. The molecule has 0 radical (unpaired) electrons. The van der Waals surface area contributed by atoms with Gasteiger partial charge in [-0.15, -0.1) is 0 Å². The highest BCUT2D eigenvalue weighted by molar-refractivity contribution is 5.95. The summed E-state index contributed by atoms with van der Waals surface area (Å²) in [7, 11) is 0. The van der Waals surface area contributed by atoms with Crippen LogP contribution in [0.1, 0.15) is 35.2 Å². The third kappa shape index (κ3) is 2.55. The number of nitriles is 1. The number of rotatable bonds is 1. The van der Waals surface area contributed by atoms with Crippen molar-refractivity contribution in [2.45, 2.75) is 32.0 Å². The number of nitrogens with zero attached hydrogens (tertiary/aromatic N) is 2. The second-order valence-electron chi connectivity index (χ2n) is 5.79. The predicted molar refractivity (Wildman–Crippen MR) is 72.8 cm³/mol. The second-order valence-corrected chi connectivity index (χ2v) is 5.79. The topological polar surface area (TPSA) is 75.7 Å². The fourth-order valence-electron chi connectivity index (χ4n) is 3.10. The lowest BCUT2D eigenvalue weighted by Crippen LogP contribution is -2.57. The first kappa shape index (κ1) is 14.1. The summed E-state index contributed by atoms with van der Waals surface area (Å²) in [4.78, 5) is 14.5. The maximum atomic E-state index is 12.7. The van der Waals surface area contributed by atoms with Crippen molar-refractivity contribution in [2.24, 2.45) is 0 Å². The van der Waals surface area contributed by atoms with Gasteiger partial charge in [0.1, 0.15) is 17.4 Å². The van der Waals surface area contributed by atoms with Gasteiger partial charge in [-0.25, -0.2) is 0 Å². The molecule has 3 heterocycles. The molecule has 2 aliphatic heterocycles. The van der Waals surface area contributed by atoms with E-state index in [-0.39, 0.29) is 23.4 Å². The molecule has 1 aromatic heterocycles. The van der Waals surface area contributed by atoms with Crippen molar-refractivity contribution in [2.75, 3.05) is 26.3 Å². The van der Waals surface area contributed by atoms with Gasteiger partial charge in [0.15, 0.2) is 0 Å². The van der Waals surface area contributed by atoms with Crippen LogP contribution in [0.5, 0.6) is 0 Å². The molecule has 6 nitrogen and oxygen atoms in total. The molecular weight excluding hydrogens is 272 g/mol. The molecule has 1 aromatic rings. The van der Waals surface area contributed by atoms with E-state index in [1.807, 2.05) is 13.0 Å². The van der Waals surface area contributed by atoms with Crippen LogP contribution in [0.25, 0.3) is 0 Å². The maximum Gasteiger partial charge on any atom is 0.257 e. The monoisotopic (exact) mass is 290 g/mol. The number of hydrogen-bond acceptors (Lipinski definition) is 5. The molecule has 0 bridgehead atoms. The van der Waals surface area contributed by atoms with E-state index in [9.17, 15) is 4.79 Å². The van der Waals surface area contributed by atoms with Crippen LogP contribution >= 0.6 is 0 Å². The highest BCUT2D eigenvalue weighted by Gasteiger charge is 2.44. The van der Waals surface area contributed by atoms with Gasteiger partial charge < -0.3 is 18.8 Å². The molecule has 1 amide bonds. The zero-order valence-corrected chi connectivity index (χ0v) is 12.2. The SMILES string of the molecule is Cc1oc(C#N)cc1C(=O)N1C[C@@H](C)O[C@]2(CCOC2)C1. The van der Waals surface area contributed by atoms with E-state index in [0.29, 0.717) is 37.6 Å². The molecule has 2 atom stereocenters. The minimum atomic E-state index is -0.386. The molecule has 2 saturated heterocycles. The van der Waals surface area contributed by atoms with Crippen molar-refractivity contribution in [1.82, 2.24) is 4.90 Å². The van der Waals surface area contributed by atoms with Gasteiger partial charge in [-0.05, 0) is 13.8 Å². The van der Waals surface area contributed by atoms with Crippen LogP contribution in [0.2, 0.25) is 0 Å². The summed E-state index contributed by atoms with van der Waals surface area (Å²) in [6.07, 6.45) is 0.765. The van der Waals surface area contributed by atoms with E-state index in [0.717, 1.165) is 6.42 Å². The number of hydrogen-bond donors (Lipinski definition) is 0. The van der Waals surface area contributed by atoms with Crippen molar-refractivity contribution >= 4 is 5.91 Å². The first-order valence-corrected chi connectivity index (χ1v) is 7.08. The van der Waals surface area contributed by atoms with Crippen LogP contribution in [-0.2, 0) is 9.47 Å². The number of furan rings is 1. The van der Waals surface area contributed by atoms with E-state index < -0.39 is 0 Å². The smallest absolute Gasteiger partial charge is 0.257 e. The van der Waals surface area contributed by atoms with E-state index >= 15 is 0 Å². The quantitative estimate of drug-likeness (QED) is 0.783. The molecule has 0 aliphatic carbocycles. The predicted octanol–water partition coefficient (Wildman–Crippen LogP) is 1.48. The van der Waals surface area contributed by atoms with E-state index in [4.69, 9.17) is 19.2 Å². The van der Waals surface area contributed by atoms with Gasteiger partial charge >= 0.3 is 0 Å².